The first-order valence-corrected chi connectivity index (χ1v) is 14.8. The Morgan fingerprint density at radius 3 is 2.00 bits per heavy atom. The van der Waals surface area contributed by atoms with Crippen molar-refractivity contribution < 1.29 is 33.8 Å². The first-order chi connectivity index (χ1) is 20.1. The van der Waals surface area contributed by atoms with Gasteiger partial charge in [-0.15, -0.1) is 0 Å². The van der Waals surface area contributed by atoms with Gasteiger partial charge in [0.25, 0.3) is 0 Å². The van der Waals surface area contributed by atoms with Gasteiger partial charge >= 0.3 is 11.9 Å². The maximum atomic E-state index is 13.4. The molecule has 0 saturated heterocycles. The average molecular weight is 579 g/mol. The van der Waals surface area contributed by atoms with Crippen LogP contribution in [0.2, 0.25) is 0 Å². The second-order valence-electron chi connectivity index (χ2n) is 11.3. The van der Waals surface area contributed by atoms with Crippen LogP contribution in [0.3, 0.4) is 0 Å². The Morgan fingerprint density at radius 1 is 0.857 bits per heavy atom. The number of unbranched alkanes of at least 4 members (excludes halogenated alkanes) is 2. The zero-order valence-electron chi connectivity index (χ0n) is 24.5. The van der Waals surface area contributed by atoms with E-state index in [2.05, 4.69) is 17.4 Å². The third kappa shape index (κ3) is 9.26. The molecule has 0 unspecified atom stereocenters. The number of fused-ring (bicyclic) bond motifs is 3. The van der Waals surface area contributed by atoms with Crippen LogP contribution in [0.5, 0.6) is 0 Å². The molecule has 2 amide bonds. The molecule has 0 aromatic heterocycles. The molecule has 0 bridgehead atoms. The number of benzene rings is 2. The van der Waals surface area contributed by atoms with Gasteiger partial charge in [-0.2, -0.15) is 0 Å². The highest BCUT2D eigenvalue weighted by atomic mass is 16.5. The predicted octanol–water partition coefficient (Wildman–Crippen LogP) is 4.75. The van der Waals surface area contributed by atoms with E-state index in [0.29, 0.717) is 32.1 Å². The van der Waals surface area contributed by atoms with Gasteiger partial charge in [-0.3, -0.25) is 24.0 Å². The molecule has 2 aromatic carbocycles. The van der Waals surface area contributed by atoms with Crippen molar-refractivity contribution in [3.63, 3.8) is 0 Å². The van der Waals surface area contributed by atoms with Crippen LogP contribution in [0.25, 0.3) is 11.1 Å². The van der Waals surface area contributed by atoms with E-state index in [1.54, 1.807) is 0 Å². The highest BCUT2D eigenvalue weighted by molar-refractivity contribution is 5.91. The molecule has 3 rings (SSSR count). The average Bonchev–Trinajstić information content (AvgIpc) is 3.27. The number of hydrogen-bond donors (Lipinski definition) is 3. The molecule has 2 atom stereocenters. The number of ether oxygens (including phenoxy) is 1. The summed E-state index contributed by atoms with van der Waals surface area (Å²) in [5.41, 5.74) is 9.68. The molecular weight excluding hydrogens is 536 g/mol. The fourth-order valence-corrected chi connectivity index (χ4v) is 5.48. The van der Waals surface area contributed by atoms with Crippen LogP contribution in [0.15, 0.2) is 48.5 Å². The van der Waals surface area contributed by atoms with Crippen LogP contribution in [-0.4, -0.2) is 47.3 Å². The summed E-state index contributed by atoms with van der Waals surface area (Å²) in [4.78, 5) is 61.2. The van der Waals surface area contributed by atoms with Crippen LogP contribution in [0.1, 0.15) is 88.7 Å². The molecule has 2 aromatic rings. The van der Waals surface area contributed by atoms with Crippen molar-refractivity contribution in [1.29, 1.82) is 0 Å². The Bertz CT molecular complexity index is 1230. The summed E-state index contributed by atoms with van der Waals surface area (Å²) in [5, 5.41) is 11.7. The van der Waals surface area contributed by atoms with E-state index in [1.165, 1.54) is 0 Å². The third-order valence-corrected chi connectivity index (χ3v) is 7.84. The van der Waals surface area contributed by atoms with Crippen molar-refractivity contribution in [1.82, 2.24) is 5.32 Å². The maximum absolute atomic E-state index is 13.4. The number of amides is 2. The number of nitrogens with one attached hydrogen (secondary N) is 1. The number of ketones is 1. The molecule has 1 aliphatic carbocycles. The van der Waals surface area contributed by atoms with Gasteiger partial charge in [0.15, 0.2) is 5.78 Å². The van der Waals surface area contributed by atoms with Gasteiger partial charge in [0.1, 0.15) is 6.61 Å². The Morgan fingerprint density at radius 2 is 1.43 bits per heavy atom. The molecule has 9 heteroatoms. The minimum Gasteiger partial charge on any atom is -0.481 e. The van der Waals surface area contributed by atoms with E-state index in [1.807, 2.05) is 50.2 Å². The summed E-state index contributed by atoms with van der Waals surface area (Å²) < 4.78 is 5.73. The molecule has 226 valence electrons. The van der Waals surface area contributed by atoms with Crippen LogP contribution in [0.4, 0.5) is 0 Å². The summed E-state index contributed by atoms with van der Waals surface area (Å²) in [6, 6.07) is 15.3. The topological polar surface area (TPSA) is 153 Å². The molecule has 0 saturated carbocycles. The first kappa shape index (κ1) is 32.5. The quantitative estimate of drug-likeness (QED) is 0.170. The lowest BCUT2D eigenvalue weighted by Crippen LogP contribution is -2.45. The predicted molar refractivity (Wildman–Crippen MR) is 158 cm³/mol. The molecule has 0 spiro atoms. The number of carboxylic acids is 1. The molecular formula is C33H42N2O7. The Kier molecular flexibility index (Phi) is 12.3. The largest absolute Gasteiger partial charge is 0.481 e. The van der Waals surface area contributed by atoms with E-state index in [4.69, 9.17) is 15.6 Å². The summed E-state index contributed by atoms with van der Waals surface area (Å²) in [6.07, 6.45) is 2.24. The smallest absolute Gasteiger partial charge is 0.306 e. The van der Waals surface area contributed by atoms with Crippen molar-refractivity contribution in [2.45, 2.75) is 83.6 Å². The minimum absolute atomic E-state index is 0.0293. The Balaban J connectivity index is 1.61. The first-order valence-electron chi connectivity index (χ1n) is 14.8. The molecule has 0 fully saturated rings. The van der Waals surface area contributed by atoms with Crippen molar-refractivity contribution in [2.75, 3.05) is 6.61 Å². The number of carboxylic acid groups (broad SMARTS) is 1. The number of carbonyl (C=O) groups is 5. The normalized spacial score (nSPS) is 13.6. The van der Waals surface area contributed by atoms with Gasteiger partial charge < -0.3 is 20.9 Å². The van der Waals surface area contributed by atoms with Crippen LogP contribution in [-0.2, 0) is 28.7 Å². The molecule has 1 aliphatic rings. The monoisotopic (exact) mass is 578 g/mol. The number of Topliss-reactive ketones (excluding diaryl/α,β-unsaturated/α-hetero) is 1. The zero-order valence-corrected chi connectivity index (χ0v) is 24.5. The second-order valence-corrected chi connectivity index (χ2v) is 11.3. The minimum atomic E-state index is -0.924. The molecule has 9 nitrogen and oxygen atoms in total. The number of aliphatic carboxylic acids is 1. The van der Waals surface area contributed by atoms with Crippen LogP contribution in [0, 0.1) is 11.8 Å². The number of primary amides is 1. The lowest BCUT2D eigenvalue weighted by molar-refractivity contribution is -0.148. The van der Waals surface area contributed by atoms with Gasteiger partial charge in [0.2, 0.25) is 11.8 Å². The van der Waals surface area contributed by atoms with Crippen molar-refractivity contribution >= 4 is 29.5 Å². The highest BCUT2D eigenvalue weighted by Gasteiger charge is 2.32. The molecule has 4 N–H and O–H groups in total. The van der Waals surface area contributed by atoms with Crippen LogP contribution >= 0.6 is 0 Å². The lowest BCUT2D eigenvalue weighted by atomic mass is 9.90. The molecule has 0 aliphatic heterocycles. The molecule has 0 heterocycles. The van der Waals surface area contributed by atoms with Crippen molar-refractivity contribution in [2.24, 2.45) is 17.6 Å². The Hall–Kier alpha value is -4.01. The van der Waals surface area contributed by atoms with Crippen LogP contribution < -0.4 is 11.1 Å². The summed E-state index contributed by atoms with van der Waals surface area (Å²) in [6.45, 7) is 3.85. The van der Waals surface area contributed by atoms with Gasteiger partial charge in [-0.1, -0.05) is 68.8 Å². The van der Waals surface area contributed by atoms with E-state index < -0.39 is 35.7 Å². The lowest BCUT2D eigenvalue weighted by Gasteiger charge is -2.24. The number of carbonyl (C=O) groups excluding carboxylic acids is 4. The van der Waals surface area contributed by atoms with Gasteiger partial charge in [0, 0.05) is 25.2 Å². The van der Waals surface area contributed by atoms with E-state index in [0.717, 1.165) is 22.3 Å². The third-order valence-electron chi connectivity index (χ3n) is 7.84. The number of rotatable bonds is 18. The van der Waals surface area contributed by atoms with Crippen molar-refractivity contribution in [3.05, 3.63) is 59.7 Å². The fourth-order valence-electron chi connectivity index (χ4n) is 5.48. The second kappa shape index (κ2) is 15.8. The van der Waals surface area contributed by atoms with Crippen molar-refractivity contribution in [3.8, 4) is 11.1 Å². The summed E-state index contributed by atoms with van der Waals surface area (Å²) in [5.74, 6) is -3.42. The molecule has 42 heavy (non-hydrogen) atoms. The van der Waals surface area contributed by atoms with E-state index in [-0.39, 0.29) is 49.9 Å². The van der Waals surface area contributed by atoms with Gasteiger partial charge in [-0.25, -0.2) is 0 Å². The molecule has 0 radical (unpaired) electrons. The maximum Gasteiger partial charge on any atom is 0.306 e. The number of esters is 1. The number of nitrogens with two attached hydrogens (primary N) is 1. The number of hydrogen-bond acceptors (Lipinski definition) is 6. The van der Waals surface area contributed by atoms with E-state index >= 15 is 0 Å². The van der Waals surface area contributed by atoms with E-state index in [9.17, 15) is 24.0 Å². The zero-order chi connectivity index (χ0) is 30.6. The van der Waals surface area contributed by atoms with Gasteiger partial charge in [0.05, 0.1) is 18.4 Å². The standard InChI is InChI=1S/C33H42N2O7/c1-21(2)26(33(41)35-28(15-7-9-17-30(34)37)29(36)16-8-10-18-31(38)39)19-32(40)42-20-27-24-13-5-3-11-22(24)23-12-4-6-14-25(23)27/h3-6,11-14,21,26-28H,7-10,15-20H2,1-2H3,(H2,34,37)(H,35,41)(H,38,39)/t26-,28-/m0/s1. The highest BCUT2D eigenvalue weighted by Crippen LogP contribution is 2.44. The SMILES string of the molecule is CC(C)[C@H](CC(=O)OCC1c2ccccc2-c2ccccc21)C(=O)N[C@@H](CCCCC(N)=O)C(=O)CCCCC(=O)O. The van der Waals surface area contributed by atoms with Gasteiger partial charge in [-0.05, 0) is 53.9 Å². The Labute approximate surface area is 247 Å². The summed E-state index contributed by atoms with van der Waals surface area (Å²) >= 11 is 0. The fraction of sp³-hybridized carbons (Fsp3) is 0.485. The summed E-state index contributed by atoms with van der Waals surface area (Å²) in [7, 11) is 0.